The second-order valence-electron chi connectivity index (χ2n) is 7.51. The number of imide groups is 1. The van der Waals surface area contributed by atoms with Crippen molar-refractivity contribution >= 4 is 23.4 Å². The number of nitrogen functional groups attached to an aromatic ring is 1. The van der Waals surface area contributed by atoms with Crippen molar-refractivity contribution in [1.29, 1.82) is 0 Å². The summed E-state index contributed by atoms with van der Waals surface area (Å²) >= 11 is 0. The van der Waals surface area contributed by atoms with E-state index in [-0.39, 0.29) is 41.6 Å². The van der Waals surface area contributed by atoms with Crippen LogP contribution in [0.15, 0.2) is 24.3 Å². The Morgan fingerprint density at radius 1 is 1.08 bits per heavy atom. The molecule has 3 aliphatic rings. The fraction of sp³-hybridized carbons (Fsp3) is 0.526. The molecule has 1 aliphatic heterocycles. The van der Waals surface area contributed by atoms with Gasteiger partial charge in [-0.3, -0.25) is 19.3 Å². The Labute approximate surface area is 146 Å². The summed E-state index contributed by atoms with van der Waals surface area (Å²) in [5.41, 5.74) is 7.05. The molecule has 2 atom stereocenters. The van der Waals surface area contributed by atoms with Crippen molar-refractivity contribution in [2.45, 2.75) is 44.1 Å². The summed E-state index contributed by atoms with van der Waals surface area (Å²) in [5.74, 6) is -1.01. The Bertz CT molecular complexity index is 700. The lowest BCUT2D eigenvalue weighted by Gasteiger charge is -2.21. The van der Waals surface area contributed by atoms with Crippen LogP contribution in [-0.4, -0.2) is 29.2 Å². The number of carbonyl (C=O) groups is 3. The first kappa shape index (κ1) is 16.1. The van der Waals surface area contributed by atoms with Gasteiger partial charge >= 0.3 is 0 Å². The third kappa shape index (κ3) is 2.79. The van der Waals surface area contributed by atoms with Crippen molar-refractivity contribution < 1.29 is 14.4 Å². The maximum Gasteiger partial charge on any atom is 0.240 e. The number of benzene rings is 1. The highest BCUT2D eigenvalue weighted by Crippen LogP contribution is 2.45. The number of anilines is 1. The van der Waals surface area contributed by atoms with Crippen molar-refractivity contribution in [2.75, 3.05) is 12.3 Å². The normalized spacial score (nSPS) is 27.1. The SMILES string of the molecule is Nc1ccc(C2(NC(=O)CN3C(=O)[C@H]4CCCC[C@H]4C3=O)CC2)cc1. The molecule has 0 unspecified atom stereocenters. The molecule has 3 N–H and O–H groups in total. The Hall–Kier alpha value is -2.37. The maximum atomic E-state index is 12.5. The molecule has 25 heavy (non-hydrogen) atoms. The highest BCUT2D eigenvalue weighted by molar-refractivity contribution is 6.07. The molecule has 0 aromatic heterocycles. The number of amides is 3. The number of carbonyl (C=O) groups excluding carboxylic acids is 3. The van der Waals surface area contributed by atoms with E-state index in [1.54, 1.807) is 0 Å². The van der Waals surface area contributed by atoms with Gasteiger partial charge in [0.15, 0.2) is 0 Å². The molecule has 4 rings (SSSR count). The maximum absolute atomic E-state index is 12.5. The fourth-order valence-electron chi connectivity index (χ4n) is 4.25. The summed E-state index contributed by atoms with van der Waals surface area (Å²) in [5, 5.41) is 3.03. The van der Waals surface area contributed by atoms with E-state index in [0.29, 0.717) is 5.69 Å². The molecule has 0 radical (unpaired) electrons. The van der Waals surface area contributed by atoms with E-state index in [9.17, 15) is 14.4 Å². The van der Waals surface area contributed by atoms with Gasteiger partial charge in [0.25, 0.3) is 0 Å². The van der Waals surface area contributed by atoms with Gasteiger partial charge in [-0.15, -0.1) is 0 Å². The number of likely N-dealkylation sites (tertiary alicyclic amines) is 1. The first-order valence-electron chi connectivity index (χ1n) is 9.02. The standard InChI is InChI=1S/C19H23N3O3/c20-13-7-5-12(6-8-13)19(9-10-19)21-16(23)11-22-17(24)14-3-1-2-4-15(14)18(22)25/h5-8,14-15H,1-4,9-11,20H2,(H,21,23)/t14-,15+. The van der Waals surface area contributed by atoms with Gasteiger partial charge in [-0.25, -0.2) is 0 Å². The van der Waals surface area contributed by atoms with Crippen LogP contribution in [0, 0.1) is 11.8 Å². The molecule has 6 heteroatoms. The molecule has 1 aromatic carbocycles. The van der Waals surface area contributed by atoms with Crippen molar-refractivity contribution in [1.82, 2.24) is 10.2 Å². The van der Waals surface area contributed by atoms with Crippen LogP contribution in [0.3, 0.4) is 0 Å². The molecule has 2 saturated carbocycles. The molecule has 1 aromatic rings. The van der Waals surface area contributed by atoms with Gasteiger partial charge in [-0.05, 0) is 43.4 Å². The predicted octanol–water partition coefficient (Wildman–Crippen LogP) is 1.55. The zero-order chi connectivity index (χ0) is 17.6. The number of hydrogen-bond donors (Lipinski definition) is 2. The van der Waals surface area contributed by atoms with Crippen LogP contribution in [0.1, 0.15) is 44.1 Å². The van der Waals surface area contributed by atoms with Crippen LogP contribution < -0.4 is 11.1 Å². The molecule has 3 amide bonds. The summed E-state index contributed by atoms with van der Waals surface area (Å²) in [6, 6.07) is 7.48. The van der Waals surface area contributed by atoms with Gasteiger partial charge in [-0.2, -0.15) is 0 Å². The molecule has 6 nitrogen and oxygen atoms in total. The predicted molar refractivity (Wildman–Crippen MR) is 92.1 cm³/mol. The minimum atomic E-state index is -0.372. The molecular weight excluding hydrogens is 318 g/mol. The quantitative estimate of drug-likeness (QED) is 0.642. The lowest BCUT2D eigenvalue weighted by atomic mass is 9.81. The van der Waals surface area contributed by atoms with E-state index in [0.717, 1.165) is 44.1 Å². The van der Waals surface area contributed by atoms with Crippen LogP contribution in [0.25, 0.3) is 0 Å². The zero-order valence-electron chi connectivity index (χ0n) is 14.2. The van der Waals surface area contributed by atoms with Crippen molar-refractivity contribution in [2.24, 2.45) is 11.8 Å². The second kappa shape index (κ2) is 5.86. The van der Waals surface area contributed by atoms with Gasteiger partial charge in [0.1, 0.15) is 6.54 Å². The van der Waals surface area contributed by atoms with Crippen molar-refractivity contribution in [3.63, 3.8) is 0 Å². The fourth-order valence-corrected chi connectivity index (χ4v) is 4.25. The number of hydrogen-bond acceptors (Lipinski definition) is 4. The van der Waals surface area contributed by atoms with Crippen LogP contribution in [0.5, 0.6) is 0 Å². The van der Waals surface area contributed by atoms with Crippen LogP contribution >= 0.6 is 0 Å². The Kier molecular flexibility index (Phi) is 3.78. The van der Waals surface area contributed by atoms with Gasteiger partial charge in [-0.1, -0.05) is 25.0 Å². The number of nitrogens with zero attached hydrogens (tertiary/aromatic N) is 1. The summed E-state index contributed by atoms with van der Waals surface area (Å²) in [4.78, 5) is 38.7. The highest BCUT2D eigenvalue weighted by Gasteiger charge is 2.50. The third-order valence-corrected chi connectivity index (χ3v) is 5.83. The highest BCUT2D eigenvalue weighted by atomic mass is 16.2. The zero-order valence-corrected chi connectivity index (χ0v) is 14.2. The first-order chi connectivity index (χ1) is 12.0. The molecule has 132 valence electrons. The average Bonchev–Trinajstić information content (AvgIpc) is 3.35. The minimum absolute atomic E-state index is 0.165. The van der Waals surface area contributed by atoms with Gasteiger partial charge < -0.3 is 11.1 Å². The second-order valence-corrected chi connectivity index (χ2v) is 7.51. The molecule has 1 saturated heterocycles. The Morgan fingerprint density at radius 3 is 2.16 bits per heavy atom. The molecule has 0 spiro atoms. The summed E-state index contributed by atoms with van der Waals surface area (Å²) < 4.78 is 0. The Morgan fingerprint density at radius 2 is 1.64 bits per heavy atom. The molecule has 1 heterocycles. The smallest absolute Gasteiger partial charge is 0.240 e. The van der Waals surface area contributed by atoms with E-state index in [2.05, 4.69) is 5.32 Å². The van der Waals surface area contributed by atoms with E-state index in [1.165, 1.54) is 4.90 Å². The minimum Gasteiger partial charge on any atom is -0.399 e. The number of nitrogens with two attached hydrogens (primary N) is 1. The number of fused-ring (bicyclic) bond motifs is 1. The topological polar surface area (TPSA) is 92.5 Å². The van der Waals surface area contributed by atoms with Crippen LogP contribution in [-0.2, 0) is 19.9 Å². The first-order valence-corrected chi connectivity index (χ1v) is 9.02. The van der Waals surface area contributed by atoms with E-state index in [1.807, 2.05) is 24.3 Å². The largest absolute Gasteiger partial charge is 0.399 e. The average molecular weight is 341 g/mol. The van der Waals surface area contributed by atoms with E-state index >= 15 is 0 Å². The summed E-state index contributed by atoms with van der Waals surface area (Å²) in [7, 11) is 0. The molecule has 0 bridgehead atoms. The number of nitrogens with one attached hydrogen (secondary N) is 1. The monoisotopic (exact) mass is 341 g/mol. The molecule has 3 fully saturated rings. The molecular formula is C19H23N3O3. The summed E-state index contributed by atoms with van der Waals surface area (Å²) in [6.07, 6.45) is 5.22. The van der Waals surface area contributed by atoms with Gasteiger partial charge in [0.2, 0.25) is 17.7 Å². The molecule has 2 aliphatic carbocycles. The van der Waals surface area contributed by atoms with Crippen molar-refractivity contribution in [3.05, 3.63) is 29.8 Å². The van der Waals surface area contributed by atoms with Crippen LogP contribution in [0.4, 0.5) is 5.69 Å². The van der Waals surface area contributed by atoms with Gasteiger partial charge in [0, 0.05) is 5.69 Å². The van der Waals surface area contributed by atoms with Gasteiger partial charge in [0.05, 0.1) is 17.4 Å². The van der Waals surface area contributed by atoms with Crippen molar-refractivity contribution in [3.8, 4) is 0 Å². The lowest BCUT2D eigenvalue weighted by molar-refractivity contribution is -0.143. The van der Waals surface area contributed by atoms with E-state index < -0.39 is 0 Å². The Balaban J connectivity index is 1.43. The lowest BCUT2D eigenvalue weighted by Crippen LogP contribution is -2.44. The summed E-state index contributed by atoms with van der Waals surface area (Å²) in [6.45, 7) is -0.165. The van der Waals surface area contributed by atoms with E-state index in [4.69, 9.17) is 5.73 Å². The third-order valence-electron chi connectivity index (χ3n) is 5.83. The van der Waals surface area contributed by atoms with Crippen LogP contribution in [0.2, 0.25) is 0 Å². The number of rotatable bonds is 4.